The van der Waals surface area contributed by atoms with E-state index < -0.39 is 10.0 Å². The van der Waals surface area contributed by atoms with Crippen LogP contribution in [0.1, 0.15) is 11.1 Å². The molecule has 0 radical (unpaired) electrons. The average molecular weight is 444 g/mol. The molecule has 1 aliphatic heterocycles. The average Bonchev–Trinajstić information content (AvgIpc) is 3.09. The largest absolute Gasteiger partial charge is 0.282 e. The Hall–Kier alpha value is -2.33. The minimum Gasteiger partial charge on any atom is -0.282 e. The molecule has 0 aliphatic carbocycles. The summed E-state index contributed by atoms with van der Waals surface area (Å²) in [5.41, 5.74) is 2.82. The van der Waals surface area contributed by atoms with E-state index in [1.807, 2.05) is 60.9 Å². The summed E-state index contributed by atoms with van der Waals surface area (Å²) in [7, 11) is -3.49. The summed E-state index contributed by atoms with van der Waals surface area (Å²) in [5, 5.41) is 4.42. The van der Waals surface area contributed by atoms with Crippen LogP contribution in [0.2, 0.25) is 0 Å². The third kappa shape index (κ3) is 4.11. The van der Waals surface area contributed by atoms with Gasteiger partial charge in [-0.2, -0.15) is 9.40 Å². The van der Waals surface area contributed by atoms with E-state index in [0.29, 0.717) is 42.5 Å². The number of piperazine rings is 1. The van der Waals surface area contributed by atoms with Gasteiger partial charge in [-0.25, -0.2) is 13.1 Å². The fraction of sp³-hybridized carbons (Fsp3) is 0.333. The second-order valence-corrected chi connectivity index (χ2v) is 9.82. The Labute approximate surface area is 182 Å². The molecule has 0 spiro atoms. The summed E-state index contributed by atoms with van der Waals surface area (Å²) in [6.45, 7) is 6.50. The van der Waals surface area contributed by atoms with Crippen LogP contribution < -0.4 is 0 Å². The van der Waals surface area contributed by atoms with Crippen molar-refractivity contribution in [1.29, 1.82) is 0 Å². The Kier molecular flexibility index (Phi) is 5.88. The van der Waals surface area contributed by atoms with Crippen molar-refractivity contribution in [2.24, 2.45) is 0 Å². The summed E-state index contributed by atoms with van der Waals surface area (Å²) < 4.78 is 32.0. The second kappa shape index (κ2) is 8.43. The van der Waals surface area contributed by atoms with Crippen LogP contribution in [0.5, 0.6) is 0 Å². The Morgan fingerprint density at radius 1 is 1.00 bits per heavy atom. The monoisotopic (exact) mass is 443 g/mol. The number of rotatable bonds is 5. The normalized spacial score (nSPS) is 16.1. The Morgan fingerprint density at radius 2 is 1.70 bits per heavy atom. The summed E-state index contributed by atoms with van der Waals surface area (Å²) in [6.07, 6.45) is 1.72. The molecule has 0 bridgehead atoms. The third-order valence-corrected chi connectivity index (χ3v) is 7.85. The highest BCUT2D eigenvalue weighted by Crippen LogP contribution is 2.22. The Morgan fingerprint density at radius 3 is 2.37 bits per heavy atom. The maximum atomic E-state index is 13.1. The minimum absolute atomic E-state index is 0.394. The number of aromatic nitrogens is 3. The van der Waals surface area contributed by atoms with Gasteiger partial charge in [0.05, 0.1) is 11.6 Å². The quantitative estimate of drug-likeness (QED) is 0.568. The molecule has 0 amide bonds. The SMILES string of the molecule is Cc1ccc(S(=O)(=O)N2CCN(Cn3ncn(-c4ccccc4)c3=S)CC2)c(C)c1. The zero-order valence-corrected chi connectivity index (χ0v) is 18.7. The van der Waals surface area contributed by atoms with Crippen molar-refractivity contribution < 1.29 is 8.42 Å². The molecule has 4 rings (SSSR count). The number of aryl methyl sites for hydroxylation is 2. The van der Waals surface area contributed by atoms with E-state index in [9.17, 15) is 8.42 Å². The number of hydrogen-bond donors (Lipinski definition) is 0. The predicted octanol–water partition coefficient (Wildman–Crippen LogP) is 2.98. The topological polar surface area (TPSA) is 63.4 Å². The van der Waals surface area contributed by atoms with E-state index in [-0.39, 0.29) is 0 Å². The molecule has 0 unspecified atom stereocenters. The van der Waals surface area contributed by atoms with Gasteiger partial charge in [-0.1, -0.05) is 35.9 Å². The highest BCUT2D eigenvalue weighted by atomic mass is 32.2. The van der Waals surface area contributed by atoms with E-state index in [1.165, 1.54) is 0 Å². The van der Waals surface area contributed by atoms with Crippen LogP contribution in [-0.2, 0) is 16.7 Å². The molecule has 2 aromatic carbocycles. The molecule has 7 nitrogen and oxygen atoms in total. The molecule has 1 aromatic heterocycles. The van der Waals surface area contributed by atoms with Crippen LogP contribution >= 0.6 is 12.2 Å². The van der Waals surface area contributed by atoms with Crippen molar-refractivity contribution in [3.63, 3.8) is 0 Å². The van der Waals surface area contributed by atoms with Crippen molar-refractivity contribution in [1.82, 2.24) is 23.6 Å². The van der Waals surface area contributed by atoms with Gasteiger partial charge in [0, 0.05) is 31.9 Å². The van der Waals surface area contributed by atoms with Crippen LogP contribution in [-0.4, -0.2) is 58.1 Å². The fourth-order valence-electron chi connectivity index (χ4n) is 3.73. The van der Waals surface area contributed by atoms with Crippen LogP contribution in [0.3, 0.4) is 0 Å². The van der Waals surface area contributed by atoms with Crippen LogP contribution in [0, 0.1) is 18.6 Å². The molecule has 0 N–H and O–H groups in total. The maximum Gasteiger partial charge on any atom is 0.243 e. The Balaban J connectivity index is 1.43. The molecule has 158 valence electrons. The van der Waals surface area contributed by atoms with Gasteiger partial charge in [0.1, 0.15) is 6.33 Å². The number of nitrogens with zero attached hydrogens (tertiary/aromatic N) is 5. The van der Waals surface area contributed by atoms with Crippen LogP contribution in [0.15, 0.2) is 59.8 Å². The van der Waals surface area contributed by atoms with Gasteiger partial charge in [0.15, 0.2) is 0 Å². The van der Waals surface area contributed by atoms with Crippen molar-refractivity contribution in [2.45, 2.75) is 25.4 Å². The lowest BCUT2D eigenvalue weighted by atomic mass is 10.2. The molecule has 1 aliphatic rings. The third-order valence-electron chi connectivity index (χ3n) is 5.38. The first-order chi connectivity index (χ1) is 14.4. The predicted molar refractivity (Wildman–Crippen MR) is 119 cm³/mol. The summed E-state index contributed by atoms with van der Waals surface area (Å²) in [4.78, 5) is 2.57. The molecule has 3 aromatic rings. The first kappa shape index (κ1) is 20.9. The first-order valence-electron chi connectivity index (χ1n) is 9.86. The number of para-hydroxylation sites is 1. The smallest absolute Gasteiger partial charge is 0.243 e. The van der Waals surface area contributed by atoms with Gasteiger partial charge in [-0.05, 0) is 49.8 Å². The molecule has 1 saturated heterocycles. The van der Waals surface area contributed by atoms with E-state index in [1.54, 1.807) is 21.4 Å². The summed E-state index contributed by atoms with van der Waals surface area (Å²) >= 11 is 5.58. The molecular weight excluding hydrogens is 418 g/mol. The highest BCUT2D eigenvalue weighted by Gasteiger charge is 2.29. The second-order valence-electron chi connectivity index (χ2n) is 7.55. The van der Waals surface area contributed by atoms with E-state index in [2.05, 4.69) is 10.00 Å². The van der Waals surface area contributed by atoms with E-state index in [0.717, 1.165) is 16.8 Å². The molecular formula is C21H25N5O2S2. The van der Waals surface area contributed by atoms with Gasteiger partial charge in [0.25, 0.3) is 0 Å². The summed E-state index contributed by atoms with van der Waals surface area (Å²) in [6, 6.07) is 15.3. The highest BCUT2D eigenvalue weighted by molar-refractivity contribution is 7.89. The van der Waals surface area contributed by atoms with Crippen LogP contribution in [0.4, 0.5) is 0 Å². The molecule has 2 heterocycles. The van der Waals surface area contributed by atoms with Gasteiger partial charge < -0.3 is 0 Å². The first-order valence-corrected chi connectivity index (χ1v) is 11.7. The Bertz CT molecular complexity index is 1190. The molecule has 0 saturated carbocycles. The zero-order chi connectivity index (χ0) is 21.3. The molecule has 9 heteroatoms. The van der Waals surface area contributed by atoms with E-state index in [4.69, 9.17) is 12.2 Å². The molecule has 30 heavy (non-hydrogen) atoms. The van der Waals surface area contributed by atoms with Gasteiger partial charge in [0.2, 0.25) is 14.8 Å². The van der Waals surface area contributed by atoms with Gasteiger partial charge >= 0.3 is 0 Å². The molecule has 0 atom stereocenters. The maximum absolute atomic E-state index is 13.1. The van der Waals surface area contributed by atoms with Gasteiger partial charge in [-0.3, -0.25) is 9.47 Å². The van der Waals surface area contributed by atoms with Crippen molar-refractivity contribution in [2.75, 3.05) is 26.2 Å². The lowest BCUT2D eigenvalue weighted by Crippen LogP contribution is -2.49. The zero-order valence-electron chi connectivity index (χ0n) is 17.1. The van der Waals surface area contributed by atoms with Crippen molar-refractivity contribution in [3.05, 3.63) is 70.8 Å². The standard InChI is InChI=1S/C21H25N5O2S2/c1-17-8-9-20(18(2)14-17)30(27,28)24-12-10-23(11-13-24)16-26-21(29)25(15-22-26)19-6-4-3-5-7-19/h3-9,14-15H,10-13,16H2,1-2H3. The number of benzene rings is 2. The lowest BCUT2D eigenvalue weighted by molar-refractivity contribution is 0.144. The van der Waals surface area contributed by atoms with Crippen LogP contribution in [0.25, 0.3) is 5.69 Å². The van der Waals surface area contributed by atoms with E-state index >= 15 is 0 Å². The summed E-state index contributed by atoms with van der Waals surface area (Å²) in [5.74, 6) is 0. The number of sulfonamides is 1. The minimum atomic E-state index is -3.49. The lowest BCUT2D eigenvalue weighted by Gasteiger charge is -2.34. The number of hydrogen-bond acceptors (Lipinski definition) is 5. The van der Waals surface area contributed by atoms with Crippen molar-refractivity contribution in [3.8, 4) is 5.69 Å². The van der Waals surface area contributed by atoms with Crippen molar-refractivity contribution >= 4 is 22.2 Å². The van der Waals surface area contributed by atoms with Gasteiger partial charge in [-0.15, -0.1) is 0 Å². The molecule has 1 fully saturated rings. The fourth-order valence-corrected chi connectivity index (χ4v) is 5.61.